The van der Waals surface area contributed by atoms with Crippen LogP contribution in [0.1, 0.15) is 12.5 Å². The Morgan fingerprint density at radius 2 is 1.76 bits per heavy atom. The van der Waals surface area contributed by atoms with Crippen molar-refractivity contribution in [2.45, 2.75) is 13.8 Å². The Morgan fingerprint density at radius 3 is 2.41 bits per heavy atom. The van der Waals surface area contributed by atoms with Crippen LogP contribution in [-0.4, -0.2) is 6.61 Å². The second-order valence-electron chi connectivity index (χ2n) is 3.87. The lowest BCUT2D eigenvalue weighted by Gasteiger charge is -2.09. The first-order chi connectivity index (χ1) is 8.22. The molecule has 0 unspecified atom stereocenters. The van der Waals surface area contributed by atoms with E-state index in [4.69, 9.17) is 4.74 Å². The molecule has 0 heterocycles. The van der Waals surface area contributed by atoms with Crippen molar-refractivity contribution in [2.75, 3.05) is 6.61 Å². The summed E-state index contributed by atoms with van der Waals surface area (Å²) in [5, 5.41) is 0. The van der Waals surface area contributed by atoms with Crippen LogP contribution in [-0.2, 0) is 0 Å². The molecular formula is C15H15BrO. The zero-order chi connectivity index (χ0) is 12.3. The van der Waals surface area contributed by atoms with Crippen molar-refractivity contribution in [2.24, 2.45) is 0 Å². The van der Waals surface area contributed by atoms with E-state index in [1.165, 1.54) is 16.7 Å². The van der Waals surface area contributed by atoms with Crippen LogP contribution >= 0.6 is 15.9 Å². The second-order valence-corrected chi connectivity index (χ2v) is 4.72. The molecular weight excluding hydrogens is 276 g/mol. The molecule has 0 aliphatic heterocycles. The summed E-state index contributed by atoms with van der Waals surface area (Å²) in [4.78, 5) is 0. The molecule has 0 aliphatic rings. The highest BCUT2D eigenvalue weighted by Gasteiger charge is 2.04. The quantitative estimate of drug-likeness (QED) is 0.787. The number of benzene rings is 2. The molecule has 0 radical (unpaired) electrons. The van der Waals surface area contributed by atoms with E-state index in [2.05, 4.69) is 53.2 Å². The van der Waals surface area contributed by atoms with Crippen LogP contribution in [0.3, 0.4) is 0 Å². The van der Waals surface area contributed by atoms with E-state index in [1.54, 1.807) is 0 Å². The third-order valence-corrected chi connectivity index (χ3v) is 3.60. The predicted molar refractivity (Wildman–Crippen MR) is 75.5 cm³/mol. The molecule has 88 valence electrons. The summed E-state index contributed by atoms with van der Waals surface area (Å²) >= 11 is 3.56. The Balaban J connectivity index is 2.36. The largest absolute Gasteiger partial charge is 0.494 e. The number of halogens is 1. The molecule has 0 saturated heterocycles. The van der Waals surface area contributed by atoms with Crippen LogP contribution in [0, 0.1) is 6.92 Å². The molecule has 0 bridgehead atoms. The molecule has 0 aliphatic carbocycles. The Kier molecular flexibility index (Phi) is 3.85. The molecule has 0 atom stereocenters. The number of rotatable bonds is 3. The topological polar surface area (TPSA) is 9.23 Å². The fraction of sp³-hybridized carbons (Fsp3) is 0.200. The maximum absolute atomic E-state index is 5.44. The minimum Gasteiger partial charge on any atom is -0.494 e. The zero-order valence-corrected chi connectivity index (χ0v) is 11.6. The average molecular weight is 291 g/mol. The van der Waals surface area contributed by atoms with Gasteiger partial charge in [0.15, 0.2) is 0 Å². The van der Waals surface area contributed by atoms with E-state index in [1.807, 2.05) is 19.1 Å². The molecule has 0 aromatic heterocycles. The maximum atomic E-state index is 5.44. The Hall–Kier alpha value is -1.28. The Morgan fingerprint density at radius 1 is 1.06 bits per heavy atom. The van der Waals surface area contributed by atoms with Gasteiger partial charge in [-0.05, 0) is 48.7 Å². The fourth-order valence-electron chi connectivity index (χ4n) is 1.82. The van der Waals surface area contributed by atoms with Crippen LogP contribution in [0.5, 0.6) is 5.75 Å². The molecule has 2 rings (SSSR count). The normalized spacial score (nSPS) is 10.3. The van der Waals surface area contributed by atoms with Crippen molar-refractivity contribution in [3.63, 3.8) is 0 Å². The van der Waals surface area contributed by atoms with Gasteiger partial charge in [0.05, 0.1) is 6.61 Å². The van der Waals surface area contributed by atoms with Gasteiger partial charge in [-0.1, -0.05) is 40.2 Å². The highest BCUT2D eigenvalue weighted by atomic mass is 79.9. The Bertz CT molecular complexity index is 503. The van der Waals surface area contributed by atoms with Gasteiger partial charge in [-0.3, -0.25) is 0 Å². The molecule has 0 fully saturated rings. The first-order valence-electron chi connectivity index (χ1n) is 5.70. The van der Waals surface area contributed by atoms with Gasteiger partial charge in [0.1, 0.15) is 5.75 Å². The van der Waals surface area contributed by atoms with E-state index in [9.17, 15) is 0 Å². The van der Waals surface area contributed by atoms with Gasteiger partial charge in [0.25, 0.3) is 0 Å². The summed E-state index contributed by atoms with van der Waals surface area (Å²) in [7, 11) is 0. The van der Waals surface area contributed by atoms with Crippen LogP contribution < -0.4 is 4.74 Å². The predicted octanol–water partition coefficient (Wildman–Crippen LogP) is 4.82. The molecule has 2 aromatic rings. The maximum Gasteiger partial charge on any atom is 0.119 e. The standard InChI is InChI=1S/C15H15BrO/c1-3-17-13-9-7-12(8-10-13)14-5-4-6-15(16)11(14)2/h4-10H,3H2,1-2H3. The van der Waals surface area contributed by atoms with Gasteiger partial charge in [0, 0.05) is 4.47 Å². The van der Waals surface area contributed by atoms with Gasteiger partial charge in [-0.25, -0.2) is 0 Å². The smallest absolute Gasteiger partial charge is 0.119 e. The van der Waals surface area contributed by atoms with Gasteiger partial charge in [-0.2, -0.15) is 0 Å². The molecule has 2 aromatic carbocycles. The minimum absolute atomic E-state index is 0.704. The van der Waals surface area contributed by atoms with E-state index < -0.39 is 0 Å². The van der Waals surface area contributed by atoms with Crippen molar-refractivity contribution in [3.05, 3.63) is 52.5 Å². The molecule has 0 amide bonds. The molecule has 0 N–H and O–H groups in total. The van der Waals surface area contributed by atoms with Crippen LogP contribution in [0.2, 0.25) is 0 Å². The van der Waals surface area contributed by atoms with Gasteiger partial charge < -0.3 is 4.74 Å². The molecule has 2 heteroatoms. The third-order valence-electron chi connectivity index (χ3n) is 2.74. The minimum atomic E-state index is 0.704. The van der Waals surface area contributed by atoms with Crippen LogP contribution in [0.25, 0.3) is 11.1 Å². The lowest BCUT2D eigenvalue weighted by molar-refractivity contribution is 0.340. The summed E-state index contributed by atoms with van der Waals surface area (Å²) in [6, 6.07) is 14.5. The highest BCUT2D eigenvalue weighted by molar-refractivity contribution is 9.10. The number of ether oxygens (including phenoxy) is 1. The number of hydrogen-bond acceptors (Lipinski definition) is 1. The summed E-state index contributed by atoms with van der Waals surface area (Å²) in [5.74, 6) is 0.920. The third kappa shape index (κ3) is 2.70. The first kappa shape index (κ1) is 12.2. The Labute approximate surface area is 111 Å². The average Bonchev–Trinajstić information content (AvgIpc) is 2.34. The van der Waals surface area contributed by atoms with Crippen molar-refractivity contribution >= 4 is 15.9 Å². The first-order valence-corrected chi connectivity index (χ1v) is 6.50. The molecule has 0 saturated carbocycles. The van der Waals surface area contributed by atoms with Crippen molar-refractivity contribution < 1.29 is 4.74 Å². The SMILES string of the molecule is CCOc1ccc(-c2cccc(Br)c2C)cc1. The lowest BCUT2D eigenvalue weighted by atomic mass is 10.0. The van der Waals surface area contributed by atoms with E-state index >= 15 is 0 Å². The monoisotopic (exact) mass is 290 g/mol. The molecule has 1 nitrogen and oxygen atoms in total. The second kappa shape index (κ2) is 5.37. The van der Waals surface area contributed by atoms with Crippen LogP contribution in [0.15, 0.2) is 46.9 Å². The van der Waals surface area contributed by atoms with E-state index in [0.29, 0.717) is 6.61 Å². The fourth-order valence-corrected chi connectivity index (χ4v) is 2.18. The summed E-state index contributed by atoms with van der Waals surface area (Å²) in [6.45, 7) is 4.82. The lowest BCUT2D eigenvalue weighted by Crippen LogP contribution is -1.91. The van der Waals surface area contributed by atoms with Gasteiger partial charge >= 0.3 is 0 Å². The summed E-state index contributed by atoms with van der Waals surface area (Å²) in [6.07, 6.45) is 0. The van der Waals surface area contributed by atoms with E-state index in [0.717, 1.165) is 10.2 Å². The van der Waals surface area contributed by atoms with Crippen molar-refractivity contribution in [3.8, 4) is 16.9 Å². The summed E-state index contributed by atoms with van der Waals surface area (Å²) in [5.41, 5.74) is 3.73. The zero-order valence-electron chi connectivity index (χ0n) is 10.0. The molecule has 0 spiro atoms. The van der Waals surface area contributed by atoms with Gasteiger partial charge in [-0.15, -0.1) is 0 Å². The van der Waals surface area contributed by atoms with E-state index in [-0.39, 0.29) is 0 Å². The van der Waals surface area contributed by atoms with Crippen molar-refractivity contribution in [1.29, 1.82) is 0 Å². The number of hydrogen-bond donors (Lipinski definition) is 0. The van der Waals surface area contributed by atoms with Crippen LogP contribution in [0.4, 0.5) is 0 Å². The highest BCUT2D eigenvalue weighted by Crippen LogP contribution is 2.29. The van der Waals surface area contributed by atoms with Crippen molar-refractivity contribution in [1.82, 2.24) is 0 Å². The summed E-state index contributed by atoms with van der Waals surface area (Å²) < 4.78 is 6.58. The van der Waals surface area contributed by atoms with Gasteiger partial charge in [0.2, 0.25) is 0 Å². The molecule has 17 heavy (non-hydrogen) atoms.